The predicted octanol–water partition coefficient (Wildman–Crippen LogP) is 3.37. The van der Waals surface area contributed by atoms with Crippen LogP contribution in [-0.2, 0) is 48.2 Å². The number of benzene rings is 3. The molecular formula is C39H46N4O7. The number of rotatable bonds is 15. The fourth-order valence-electron chi connectivity index (χ4n) is 6.84. The number of phenolic OH excluding ortho intramolecular Hbond substituents is 1. The first-order valence-corrected chi connectivity index (χ1v) is 17.3. The number of nitrogens with one attached hydrogen (secondary N) is 3. The zero-order valence-corrected chi connectivity index (χ0v) is 28.5. The minimum Gasteiger partial charge on any atom is -0.508 e. The highest BCUT2D eigenvalue weighted by molar-refractivity contribution is 6.11. The van der Waals surface area contributed by atoms with Crippen LogP contribution in [-0.4, -0.2) is 76.2 Å². The highest BCUT2D eigenvalue weighted by Crippen LogP contribution is 2.34. The Morgan fingerprint density at radius 1 is 0.920 bits per heavy atom. The van der Waals surface area contributed by atoms with Gasteiger partial charge in [-0.3, -0.25) is 19.2 Å². The normalized spacial score (nSPS) is 19.7. The number of nitrogens with zero attached hydrogens (tertiary/aromatic N) is 1. The molecule has 3 aromatic rings. The number of carbonyl (C=O) groups excluding carboxylic acids is 5. The maximum atomic E-state index is 14.1. The van der Waals surface area contributed by atoms with E-state index in [1.54, 1.807) is 43.3 Å². The zero-order valence-electron chi connectivity index (χ0n) is 28.5. The summed E-state index contributed by atoms with van der Waals surface area (Å²) in [6.45, 7) is 1.95. The van der Waals surface area contributed by atoms with E-state index in [0.29, 0.717) is 25.7 Å². The molecule has 0 radical (unpaired) electrons. The lowest BCUT2D eigenvalue weighted by Crippen LogP contribution is -2.63. The van der Waals surface area contributed by atoms with E-state index in [-0.39, 0.29) is 44.1 Å². The molecule has 0 spiro atoms. The molecule has 0 saturated carbocycles. The van der Waals surface area contributed by atoms with Crippen molar-refractivity contribution in [2.75, 3.05) is 19.6 Å². The Balaban J connectivity index is 1.31. The number of carbonyl (C=O) groups is 5. The Labute approximate surface area is 292 Å². The summed E-state index contributed by atoms with van der Waals surface area (Å²) >= 11 is 0. The third-order valence-electron chi connectivity index (χ3n) is 9.58. The third-order valence-corrected chi connectivity index (χ3v) is 9.58. The molecule has 2 aliphatic rings. The van der Waals surface area contributed by atoms with Gasteiger partial charge in [-0.1, -0.05) is 72.8 Å². The van der Waals surface area contributed by atoms with Crippen LogP contribution in [0.15, 0.2) is 84.9 Å². The van der Waals surface area contributed by atoms with Crippen LogP contribution in [0.5, 0.6) is 5.75 Å². The van der Waals surface area contributed by atoms with Gasteiger partial charge in [0.05, 0.1) is 12.6 Å². The quantitative estimate of drug-likeness (QED) is 0.141. The van der Waals surface area contributed by atoms with Gasteiger partial charge in [0.15, 0.2) is 11.3 Å². The summed E-state index contributed by atoms with van der Waals surface area (Å²) in [5.41, 5.74) is -0.724. The Hall–Kier alpha value is -5.03. The Morgan fingerprint density at radius 2 is 1.60 bits per heavy atom. The molecule has 2 aliphatic heterocycles. The van der Waals surface area contributed by atoms with Crippen molar-refractivity contribution in [2.45, 2.75) is 82.0 Å². The van der Waals surface area contributed by atoms with Crippen LogP contribution in [0.25, 0.3) is 0 Å². The first kappa shape index (κ1) is 36.3. The number of aryl methyl sites for hydroxylation is 1. The van der Waals surface area contributed by atoms with E-state index >= 15 is 0 Å². The van der Waals surface area contributed by atoms with E-state index in [2.05, 4.69) is 16.0 Å². The molecule has 2 fully saturated rings. The second-order valence-electron chi connectivity index (χ2n) is 13.3. The van der Waals surface area contributed by atoms with E-state index < -0.39 is 47.2 Å². The average Bonchev–Trinajstić information content (AvgIpc) is 3.83. The molecule has 0 aromatic heterocycles. The Bertz CT molecular complexity index is 1640. The lowest BCUT2D eigenvalue weighted by atomic mass is 9.87. The van der Waals surface area contributed by atoms with E-state index in [1.807, 2.05) is 48.5 Å². The van der Waals surface area contributed by atoms with Gasteiger partial charge < -0.3 is 30.7 Å². The Morgan fingerprint density at radius 3 is 2.26 bits per heavy atom. The van der Waals surface area contributed by atoms with Gasteiger partial charge in [-0.25, -0.2) is 4.79 Å². The maximum Gasteiger partial charge on any atom is 0.340 e. The van der Waals surface area contributed by atoms with Crippen LogP contribution >= 0.6 is 0 Å². The minimum atomic E-state index is -1.83. The molecule has 3 aromatic carbocycles. The second-order valence-corrected chi connectivity index (χ2v) is 13.3. The average molecular weight is 683 g/mol. The highest BCUT2D eigenvalue weighted by Gasteiger charge is 2.56. The summed E-state index contributed by atoms with van der Waals surface area (Å²) in [5.74, 6) is -2.51. The molecule has 3 atom stereocenters. The highest BCUT2D eigenvalue weighted by atomic mass is 16.5. The molecule has 11 nitrogen and oxygen atoms in total. The second kappa shape index (κ2) is 16.6. The van der Waals surface area contributed by atoms with Crippen LogP contribution < -0.4 is 16.0 Å². The third kappa shape index (κ3) is 8.76. The van der Waals surface area contributed by atoms with Gasteiger partial charge in [-0.15, -0.1) is 0 Å². The number of Topliss-reactive ketones (excluding diaryl/α,β-unsaturated/α-hetero) is 1. The first-order valence-electron chi connectivity index (χ1n) is 17.3. The van der Waals surface area contributed by atoms with Crippen LogP contribution in [0.3, 0.4) is 0 Å². The lowest BCUT2D eigenvalue weighted by Gasteiger charge is -2.36. The van der Waals surface area contributed by atoms with Crippen molar-refractivity contribution in [1.82, 2.24) is 20.9 Å². The van der Waals surface area contributed by atoms with Crippen molar-refractivity contribution in [2.24, 2.45) is 0 Å². The number of ether oxygens (including phenoxy) is 1. The number of likely N-dealkylation sites (tertiary alicyclic amines) is 1. The molecular weight excluding hydrogens is 636 g/mol. The van der Waals surface area contributed by atoms with Crippen molar-refractivity contribution in [3.05, 3.63) is 102 Å². The number of phenols is 1. The maximum absolute atomic E-state index is 14.1. The van der Waals surface area contributed by atoms with Gasteiger partial charge in [0, 0.05) is 19.4 Å². The molecule has 0 bridgehead atoms. The van der Waals surface area contributed by atoms with E-state index in [0.717, 1.165) is 29.7 Å². The number of esters is 1. The topological polar surface area (TPSA) is 154 Å². The summed E-state index contributed by atoms with van der Waals surface area (Å²) in [5, 5.41) is 18.4. The van der Waals surface area contributed by atoms with Crippen molar-refractivity contribution >= 4 is 29.5 Å². The number of hydrogen-bond donors (Lipinski definition) is 4. The zero-order chi connectivity index (χ0) is 35.6. The standard InChI is InChI=1S/C39H46N4O7/c1-38(25-29-11-4-2-5-12-29,42-35(47)32-16-9-23-40-32)36(48)41-26-34(46)43-24-10-22-39(43,37(49)50-27-30-13-6-3-7-14-30)33(45)17-8-15-28-18-20-31(44)21-19-28/h2-7,11-14,18-21,32,40,44H,8-10,15-17,22-27H2,1H3,(H,41,48)(H,42,47)/t32-,38-,39+/m0/s1. The number of aromatic hydroxyl groups is 1. The van der Waals surface area contributed by atoms with Crippen LogP contribution in [0, 0.1) is 0 Å². The van der Waals surface area contributed by atoms with Crippen LogP contribution in [0.2, 0.25) is 0 Å². The molecule has 264 valence electrons. The van der Waals surface area contributed by atoms with Gasteiger partial charge in [-0.2, -0.15) is 0 Å². The smallest absolute Gasteiger partial charge is 0.340 e. The van der Waals surface area contributed by atoms with Crippen LogP contribution in [0.4, 0.5) is 0 Å². The Kier molecular flexibility index (Phi) is 12.0. The molecule has 11 heteroatoms. The summed E-state index contributed by atoms with van der Waals surface area (Å²) in [7, 11) is 0. The van der Waals surface area contributed by atoms with E-state index in [1.165, 1.54) is 4.90 Å². The number of ketones is 1. The summed E-state index contributed by atoms with van der Waals surface area (Å²) < 4.78 is 5.71. The van der Waals surface area contributed by atoms with Crippen LogP contribution in [0.1, 0.15) is 62.1 Å². The number of amides is 3. The van der Waals surface area contributed by atoms with Gasteiger partial charge in [0.25, 0.3) is 0 Å². The molecule has 0 aliphatic carbocycles. The van der Waals surface area contributed by atoms with Crippen molar-refractivity contribution in [3.8, 4) is 5.75 Å². The molecule has 3 amide bonds. The van der Waals surface area contributed by atoms with Gasteiger partial charge in [0.2, 0.25) is 17.7 Å². The molecule has 0 unspecified atom stereocenters. The van der Waals surface area contributed by atoms with Crippen molar-refractivity contribution < 1.29 is 33.8 Å². The minimum absolute atomic E-state index is 0.0217. The van der Waals surface area contributed by atoms with Crippen molar-refractivity contribution in [3.63, 3.8) is 0 Å². The monoisotopic (exact) mass is 682 g/mol. The van der Waals surface area contributed by atoms with Gasteiger partial charge in [0.1, 0.15) is 17.9 Å². The molecule has 4 N–H and O–H groups in total. The van der Waals surface area contributed by atoms with Gasteiger partial charge in [-0.05, 0) is 80.8 Å². The lowest BCUT2D eigenvalue weighted by molar-refractivity contribution is -0.167. The molecule has 2 saturated heterocycles. The summed E-state index contributed by atoms with van der Waals surface area (Å²) in [6.07, 6.45) is 3.19. The largest absolute Gasteiger partial charge is 0.508 e. The molecule has 5 rings (SSSR count). The summed E-state index contributed by atoms with van der Waals surface area (Å²) in [4.78, 5) is 70.1. The summed E-state index contributed by atoms with van der Waals surface area (Å²) in [6, 6.07) is 24.7. The fourth-order valence-corrected chi connectivity index (χ4v) is 6.84. The van der Waals surface area contributed by atoms with Gasteiger partial charge >= 0.3 is 5.97 Å². The van der Waals surface area contributed by atoms with E-state index in [9.17, 15) is 29.1 Å². The fraction of sp³-hybridized carbons (Fsp3) is 0.410. The first-order chi connectivity index (χ1) is 24.1. The number of hydrogen-bond acceptors (Lipinski definition) is 8. The molecule has 2 heterocycles. The molecule has 50 heavy (non-hydrogen) atoms. The SMILES string of the molecule is C[C@@](Cc1ccccc1)(NC(=O)[C@@H]1CCCN1)C(=O)NCC(=O)N1CCC[C@@]1(C(=O)CCCc1ccc(O)cc1)C(=O)OCc1ccccc1. The van der Waals surface area contributed by atoms with Crippen molar-refractivity contribution in [1.29, 1.82) is 0 Å². The van der Waals surface area contributed by atoms with E-state index in [4.69, 9.17) is 4.74 Å². The predicted molar refractivity (Wildman–Crippen MR) is 187 cm³/mol.